The number of halogens is 2. The van der Waals surface area contributed by atoms with Crippen LogP contribution >= 0.6 is 11.6 Å². The molecule has 3 nitrogen and oxygen atoms in total. The fraction of sp³-hybridized carbons (Fsp3) is 0.533. The van der Waals surface area contributed by atoms with Gasteiger partial charge in [0.2, 0.25) is 5.91 Å². The second-order valence-corrected chi connectivity index (χ2v) is 5.54. The monoisotopic (exact) mass is 298 g/mol. The number of nitrogens with one attached hydrogen (secondary N) is 1. The molecule has 1 aromatic rings. The minimum Gasteiger partial charge on any atom is -0.355 e. The summed E-state index contributed by atoms with van der Waals surface area (Å²) in [5, 5.41) is 3.13. The summed E-state index contributed by atoms with van der Waals surface area (Å²) in [4.78, 5) is 14.2. The van der Waals surface area contributed by atoms with E-state index in [1.54, 1.807) is 6.07 Å². The van der Waals surface area contributed by atoms with Crippen LogP contribution in [-0.2, 0) is 11.2 Å². The van der Waals surface area contributed by atoms with Crippen LogP contribution in [0, 0.1) is 5.82 Å². The topological polar surface area (TPSA) is 32.3 Å². The first kappa shape index (κ1) is 15.3. The molecule has 0 radical (unpaired) electrons. The Morgan fingerprint density at radius 3 is 2.75 bits per heavy atom. The summed E-state index contributed by atoms with van der Waals surface area (Å²) < 4.78 is 13.6. The van der Waals surface area contributed by atoms with Gasteiger partial charge in [0.05, 0.1) is 6.42 Å². The molecule has 0 atom stereocenters. The van der Waals surface area contributed by atoms with Gasteiger partial charge in [-0.15, -0.1) is 0 Å². The zero-order valence-corrected chi connectivity index (χ0v) is 12.3. The molecule has 110 valence electrons. The van der Waals surface area contributed by atoms with E-state index in [0.29, 0.717) is 11.6 Å². The van der Waals surface area contributed by atoms with Crippen molar-refractivity contribution in [3.05, 3.63) is 34.6 Å². The number of carbonyl (C=O) groups is 1. The van der Waals surface area contributed by atoms with E-state index < -0.39 is 5.82 Å². The lowest BCUT2D eigenvalue weighted by molar-refractivity contribution is -0.120. The molecule has 0 saturated carbocycles. The number of carbonyl (C=O) groups excluding carboxylic acids is 1. The normalized spacial score (nSPS) is 16.1. The summed E-state index contributed by atoms with van der Waals surface area (Å²) in [5.74, 6) is -0.613. The van der Waals surface area contributed by atoms with E-state index in [1.165, 1.54) is 31.4 Å². The quantitative estimate of drug-likeness (QED) is 0.906. The third kappa shape index (κ3) is 4.46. The molecule has 0 aliphatic carbocycles. The molecular weight excluding hydrogens is 279 g/mol. The fourth-order valence-electron chi connectivity index (χ4n) is 2.46. The van der Waals surface area contributed by atoms with Crippen LogP contribution < -0.4 is 5.32 Å². The Hall–Kier alpha value is -1.13. The van der Waals surface area contributed by atoms with Gasteiger partial charge in [0.25, 0.3) is 0 Å². The largest absolute Gasteiger partial charge is 0.355 e. The Morgan fingerprint density at radius 2 is 2.05 bits per heavy atom. The summed E-state index contributed by atoms with van der Waals surface area (Å²) in [6, 6.07) is 4.46. The zero-order valence-electron chi connectivity index (χ0n) is 11.5. The molecule has 1 fully saturated rings. The number of amides is 1. The average molecular weight is 299 g/mol. The van der Waals surface area contributed by atoms with Crippen LogP contribution in [0.15, 0.2) is 18.2 Å². The maximum atomic E-state index is 13.6. The van der Waals surface area contributed by atoms with Crippen LogP contribution in [0.3, 0.4) is 0 Å². The lowest BCUT2D eigenvalue weighted by Crippen LogP contribution is -2.38. The Labute approximate surface area is 124 Å². The van der Waals surface area contributed by atoms with Gasteiger partial charge in [-0.2, -0.15) is 0 Å². The Morgan fingerprint density at radius 1 is 1.30 bits per heavy atom. The third-order valence-electron chi connectivity index (χ3n) is 3.60. The predicted octanol–water partition coefficient (Wildman–Crippen LogP) is 2.62. The molecule has 1 heterocycles. The number of rotatable bonds is 5. The highest BCUT2D eigenvalue weighted by Gasteiger charge is 2.13. The number of hydrogen-bond donors (Lipinski definition) is 1. The fourth-order valence-corrected chi connectivity index (χ4v) is 2.69. The number of likely N-dealkylation sites (tertiary alicyclic amines) is 1. The molecule has 1 N–H and O–H groups in total. The van der Waals surface area contributed by atoms with Crippen molar-refractivity contribution >= 4 is 17.5 Å². The predicted molar refractivity (Wildman–Crippen MR) is 78.4 cm³/mol. The second-order valence-electron chi connectivity index (χ2n) is 5.13. The second kappa shape index (κ2) is 7.60. The van der Waals surface area contributed by atoms with Crippen molar-refractivity contribution < 1.29 is 9.18 Å². The molecule has 1 aliphatic heterocycles. The van der Waals surface area contributed by atoms with Crippen molar-refractivity contribution in [3.8, 4) is 0 Å². The van der Waals surface area contributed by atoms with E-state index in [9.17, 15) is 9.18 Å². The number of piperidine rings is 1. The summed E-state index contributed by atoms with van der Waals surface area (Å²) >= 11 is 5.90. The van der Waals surface area contributed by atoms with E-state index in [0.717, 1.165) is 19.6 Å². The van der Waals surface area contributed by atoms with Crippen molar-refractivity contribution in [2.75, 3.05) is 26.2 Å². The van der Waals surface area contributed by atoms with Gasteiger partial charge in [0.15, 0.2) is 0 Å². The number of benzene rings is 1. The molecule has 0 unspecified atom stereocenters. The van der Waals surface area contributed by atoms with Crippen molar-refractivity contribution in [2.45, 2.75) is 25.7 Å². The molecule has 1 aromatic carbocycles. The molecule has 5 heteroatoms. The molecular formula is C15H20ClFN2O. The van der Waals surface area contributed by atoms with Gasteiger partial charge in [-0.3, -0.25) is 4.79 Å². The molecule has 20 heavy (non-hydrogen) atoms. The lowest BCUT2D eigenvalue weighted by atomic mass is 10.1. The highest BCUT2D eigenvalue weighted by molar-refractivity contribution is 6.31. The van der Waals surface area contributed by atoms with Gasteiger partial charge in [0, 0.05) is 23.7 Å². The van der Waals surface area contributed by atoms with Gasteiger partial charge >= 0.3 is 0 Å². The van der Waals surface area contributed by atoms with Crippen LogP contribution in [-0.4, -0.2) is 37.0 Å². The van der Waals surface area contributed by atoms with Gasteiger partial charge < -0.3 is 10.2 Å². The van der Waals surface area contributed by atoms with E-state index >= 15 is 0 Å². The molecule has 1 saturated heterocycles. The molecule has 0 spiro atoms. The van der Waals surface area contributed by atoms with Gasteiger partial charge in [-0.05, 0) is 38.1 Å². The van der Waals surface area contributed by atoms with E-state index in [4.69, 9.17) is 11.6 Å². The average Bonchev–Trinajstić information content (AvgIpc) is 2.44. The van der Waals surface area contributed by atoms with Gasteiger partial charge in [0.1, 0.15) is 5.82 Å². The van der Waals surface area contributed by atoms with Gasteiger partial charge in [-0.1, -0.05) is 24.1 Å². The Bertz CT molecular complexity index is 441. The van der Waals surface area contributed by atoms with Crippen molar-refractivity contribution in [1.82, 2.24) is 10.2 Å². The maximum absolute atomic E-state index is 13.6. The first-order chi connectivity index (χ1) is 9.66. The molecule has 0 bridgehead atoms. The smallest absolute Gasteiger partial charge is 0.224 e. The standard InChI is InChI=1S/C15H20ClFN2O/c16-13-5-4-6-14(17)12(13)11-15(20)18-7-10-19-8-2-1-3-9-19/h4-6H,1-3,7-11H2,(H,18,20). The summed E-state index contributed by atoms with van der Waals surface area (Å²) in [6.45, 7) is 3.67. The molecule has 1 aliphatic rings. The first-order valence-electron chi connectivity index (χ1n) is 7.09. The van der Waals surface area contributed by atoms with Crippen LogP contribution in [0.2, 0.25) is 5.02 Å². The molecule has 0 aromatic heterocycles. The Kier molecular flexibility index (Phi) is 5.80. The van der Waals surface area contributed by atoms with Gasteiger partial charge in [-0.25, -0.2) is 4.39 Å². The van der Waals surface area contributed by atoms with Crippen LogP contribution in [0.25, 0.3) is 0 Å². The SMILES string of the molecule is O=C(Cc1c(F)cccc1Cl)NCCN1CCCCC1. The number of nitrogens with zero attached hydrogens (tertiary/aromatic N) is 1. The van der Waals surface area contributed by atoms with E-state index in [-0.39, 0.29) is 17.9 Å². The van der Waals surface area contributed by atoms with Crippen LogP contribution in [0.1, 0.15) is 24.8 Å². The zero-order chi connectivity index (χ0) is 14.4. The first-order valence-corrected chi connectivity index (χ1v) is 7.46. The minimum absolute atomic E-state index is 0.00843. The van der Waals surface area contributed by atoms with Crippen molar-refractivity contribution in [1.29, 1.82) is 0 Å². The third-order valence-corrected chi connectivity index (χ3v) is 3.95. The summed E-state index contributed by atoms with van der Waals surface area (Å²) in [5.41, 5.74) is 0.268. The Balaban J connectivity index is 1.75. The lowest BCUT2D eigenvalue weighted by Gasteiger charge is -2.26. The number of hydrogen-bond acceptors (Lipinski definition) is 2. The van der Waals surface area contributed by atoms with Crippen molar-refractivity contribution in [3.63, 3.8) is 0 Å². The molecule has 2 rings (SSSR count). The highest BCUT2D eigenvalue weighted by atomic mass is 35.5. The highest BCUT2D eigenvalue weighted by Crippen LogP contribution is 2.19. The van der Waals surface area contributed by atoms with E-state index in [2.05, 4.69) is 10.2 Å². The van der Waals surface area contributed by atoms with Crippen molar-refractivity contribution in [2.24, 2.45) is 0 Å². The maximum Gasteiger partial charge on any atom is 0.224 e. The summed E-state index contributed by atoms with van der Waals surface area (Å²) in [7, 11) is 0. The van der Waals surface area contributed by atoms with E-state index in [1.807, 2.05) is 0 Å². The summed E-state index contributed by atoms with van der Waals surface area (Å²) in [6.07, 6.45) is 3.76. The minimum atomic E-state index is -0.427. The molecule has 1 amide bonds. The van der Waals surface area contributed by atoms with Crippen LogP contribution in [0.5, 0.6) is 0 Å². The van der Waals surface area contributed by atoms with Crippen LogP contribution in [0.4, 0.5) is 4.39 Å².